The molecule has 5 nitrogen and oxygen atoms in total. The Kier molecular flexibility index (Phi) is 5.90. The van der Waals surface area contributed by atoms with Gasteiger partial charge in [0, 0.05) is 28.4 Å². The molecular formula is C28H24F3N3O2. The third-order valence-corrected chi connectivity index (χ3v) is 6.84. The summed E-state index contributed by atoms with van der Waals surface area (Å²) in [5, 5.41) is 3.71. The molecule has 0 unspecified atom stereocenters. The number of pyridine rings is 2. The second-order valence-electron chi connectivity index (χ2n) is 9.20. The second kappa shape index (κ2) is 8.93. The number of aryl methyl sites for hydroxylation is 1. The van der Waals surface area contributed by atoms with Gasteiger partial charge in [0.15, 0.2) is 0 Å². The molecule has 0 radical (unpaired) electrons. The van der Waals surface area contributed by atoms with Crippen molar-refractivity contribution in [1.29, 1.82) is 0 Å². The predicted molar refractivity (Wildman–Crippen MR) is 131 cm³/mol. The normalized spacial score (nSPS) is 16.1. The van der Waals surface area contributed by atoms with Crippen LogP contribution in [0.15, 0.2) is 71.7 Å². The molecule has 1 aliphatic rings. The molecule has 0 fully saturated rings. The molecule has 5 rings (SSSR count). The number of carbonyl (C=O) groups excluding carboxylic acids is 1. The van der Waals surface area contributed by atoms with Gasteiger partial charge < -0.3 is 5.32 Å². The lowest BCUT2D eigenvalue weighted by Gasteiger charge is -2.18. The largest absolute Gasteiger partial charge is 0.416 e. The Morgan fingerprint density at radius 2 is 1.86 bits per heavy atom. The molecule has 0 bridgehead atoms. The molecule has 2 atom stereocenters. The van der Waals surface area contributed by atoms with Gasteiger partial charge in [-0.2, -0.15) is 13.2 Å². The van der Waals surface area contributed by atoms with E-state index in [0.717, 1.165) is 35.2 Å². The minimum Gasteiger partial charge on any atom is -0.344 e. The standard InChI is InChI=1S/C28H24F3N3O2/c1-16-6-12-21-22-15-18(26(35)33-17(2)23-5-3-4-14-32-23)7-13-24(22)34(27(36)25(16)21)20-10-8-19(9-11-20)28(29,30)31/h3-5,7-11,13-17H,6,12H2,1-2H3,(H,33,35)/t16-,17+/m1/s1. The molecule has 8 heteroatoms. The molecule has 1 aliphatic carbocycles. The SMILES string of the molecule is C[C@@H]1CCc2c1c(=O)n(-c1ccc(C(F)(F)F)cc1)c1ccc(C(=O)N[C@@H](C)c3ccccn3)cc21. The summed E-state index contributed by atoms with van der Waals surface area (Å²) in [6.45, 7) is 3.82. The van der Waals surface area contributed by atoms with Gasteiger partial charge in [0.05, 0.1) is 22.8 Å². The van der Waals surface area contributed by atoms with Crippen molar-refractivity contribution in [3.05, 3.63) is 105 Å². The van der Waals surface area contributed by atoms with Crippen LogP contribution in [0.25, 0.3) is 16.6 Å². The van der Waals surface area contributed by atoms with Crippen LogP contribution in [0.1, 0.15) is 65.0 Å². The number of benzene rings is 2. The number of carbonyl (C=O) groups is 1. The van der Waals surface area contributed by atoms with Crippen molar-refractivity contribution in [3.63, 3.8) is 0 Å². The summed E-state index contributed by atoms with van der Waals surface area (Å²) in [7, 11) is 0. The van der Waals surface area contributed by atoms with E-state index in [1.54, 1.807) is 30.5 Å². The lowest BCUT2D eigenvalue weighted by atomic mass is 9.99. The Balaban J connectivity index is 1.61. The molecule has 0 saturated carbocycles. The first-order chi connectivity index (χ1) is 17.1. The molecule has 2 aromatic carbocycles. The first kappa shape index (κ1) is 23.8. The summed E-state index contributed by atoms with van der Waals surface area (Å²) in [5.74, 6) is -0.263. The van der Waals surface area contributed by atoms with E-state index in [1.165, 1.54) is 16.7 Å². The number of nitrogens with one attached hydrogen (secondary N) is 1. The molecule has 0 aliphatic heterocycles. The maximum absolute atomic E-state index is 13.5. The van der Waals surface area contributed by atoms with Crippen molar-refractivity contribution in [2.24, 2.45) is 0 Å². The van der Waals surface area contributed by atoms with Crippen molar-refractivity contribution in [2.45, 2.75) is 44.8 Å². The number of hydrogen-bond acceptors (Lipinski definition) is 3. The zero-order chi connectivity index (χ0) is 25.6. The molecule has 0 spiro atoms. The highest BCUT2D eigenvalue weighted by molar-refractivity contribution is 5.99. The van der Waals surface area contributed by atoms with E-state index in [9.17, 15) is 22.8 Å². The summed E-state index contributed by atoms with van der Waals surface area (Å²) in [4.78, 5) is 30.9. The third-order valence-electron chi connectivity index (χ3n) is 6.84. The number of fused-ring (bicyclic) bond motifs is 3. The average Bonchev–Trinajstić information content (AvgIpc) is 3.26. The molecule has 2 aromatic heterocycles. The van der Waals surface area contributed by atoms with E-state index in [0.29, 0.717) is 28.8 Å². The number of nitrogens with zero attached hydrogens (tertiary/aromatic N) is 2. The number of alkyl halides is 3. The van der Waals surface area contributed by atoms with E-state index in [-0.39, 0.29) is 23.4 Å². The maximum Gasteiger partial charge on any atom is 0.416 e. The molecule has 4 aromatic rings. The topological polar surface area (TPSA) is 64.0 Å². The number of halogens is 3. The Labute approximate surface area is 205 Å². The van der Waals surface area contributed by atoms with Gasteiger partial charge in [-0.1, -0.05) is 13.0 Å². The van der Waals surface area contributed by atoms with E-state index < -0.39 is 11.7 Å². The monoisotopic (exact) mass is 491 g/mol. The van der Waals surface area contributed by atoms with Crippen LogP contribution in [0.5, 0.6) is 0 Å². The quantitative estimate of drug-likeness (QED) is 0.384. The van der Waals surface area contributed by atoms with Crippen LogP contribution in [0, 0.1) is 0 Å². The predicted octanol–water partition coefficient (Wildman–Crippen LogP) is 5.95. The molecule has 1 N–H and O–H groups in total. The lowest BCUT2D eigenvalue weighted by molar-refractivity contribution is -0.137. The van der Waals surface area contributed by atoms with E-state index in [1.807, 2.05) is 26.0 Å². The maximum atomic E-state index is 13.5. The van der Waals surface area contributed by atoms with Crippen LogP contribution in [0.2, 0.25) is 0 Å². The fourth-order valence-corrected chi connectivity index (χ4v) is 4.94. The molecule has 2 heterocycles. The number of hydrogen-bond donors (Lipinski definition) is 1. The van der Waals surface area contributed by atoms with Crippen LogP contribution in [0.3, 0.4) is 0 Å². The van der Waals surface area contributed by atoms with Gasteiger partial charge in [0.1, 0.15) is 0 Å². The Hall–Kier alpha value is -3.94. The van der Waals surface area contributed by atoms with Gasteiger partial charge in [-0.05, 0) is 85.8 Å². The summed E-state index contributed by atoms with van der Waals surface area (Å²) in [6.07, 6.45) is -1.30. The average molecular weight is 492 g/mol. The summed E-state index contributed by atoms with van der Waals surface area (Å²) < 4.78 is 40.7. The molecule has 0 saturated heterocycles. The van der Waals surface area contributed by atoms with Crippen LogP contribution in [0.4, 0.5) is 13.2 Å². The van der Waals surface area contributed by atoms with Crippen molar-refractivity contribution in [2.75, 3.05) is 0 Å². The number of amides is 1. The third kappa shape index (κ3) is 4.17. The molecule has 184 valence electrons. The fourth-order valence-electron chi connectivity index (χ4n) is 4.94. The number of rotatable bonds is 4. The van der Waals surface area contributed by atoms with E-state index >= 15 is 0 Å². The van der Waals surface area contributed by atoms with Gasteiger partial charge >= 0.3 is 6.18 Å². The van der Waals surface area contributed by atoms with Crippen molar-refractivity contribution in [3.8, 4) is 5.69 Å². The Bertz CT molecular complexity index is 1510. The van der Waals surface area contributed by atoms with Crippen LogP contribution < -0.4 is 10.9 Å². The summed E-state index contributed by atoms with van der Waals surface area (Å²) >= 11 is 0. The lowest BCUT2D eigenvalue weighted by Crippen LogP contribution is -2.27. The Morgan fingerprint density at radius 1 is 1.11 bits per heavy atom. The van der Waals surface area contributed by atoms with Gasteiger partial charge in [-0.15, -0.1) is 0 Å². The highest BCUT2D eigenvalue weighted by Crippen LogP contribution is 2.36. The smallest absolute Gasteiger partial charge is 0.344 e. The van der Waals surface area contributed by atoms with Gasteiger partial charge in [-0.25, -0.2) is 0 Å². The first-order valence-electron chi connectivity index (χ1n) is 11.8. The fraction of sp³-hybridized carbons (Fsp3) is 0.250. The zero-order valence-corrected chi connectivity index (χ0v) is 19.8. The highest BCUT2D eigenvalue weighted by atomic mass is 19.4. The Morgan fingerprint density at radius 3 is 2.53 bits per heavy atom. The zero-order valence-electron chi connectivity index (χ0n) is 19.8. The molecular weight excluding hydrogens is 467 g/mol. The van der Waals surface area contributed by atoms with Gasteiger partial charge in [-0.3, -0.25) is 19.1 Å². The van der Waals surface area contributed by atoms with Crippen molar-refractivity contribution in [1.82, 2.24) is 14.9 Å². The van der Waals surface area contributed by atoms with Crippen LogP contribution in [-0.2, 0) is 12.6 Å². The molecule has 36 heavy (non-hydrogen) atoms. The number of aromatic nitrogens is 2. The minimum atomic E-state index is -4.47. The van der Waals surface area contributed by atoms with E-state index in [4.69, 9.17) is 0 Å². The van der Waals surface area contributed by atoms with Gasteiger partial charge in [0.25, 0.3) is 11.5 Å². The highest BCUT2D eigenvalue weighted by Gasteiger charge is 2.31. The summed E-state index contributed by atoms with van der Waals surface area (Å²) in [6, 6.07) is 14.9. The van der Waals surface area contributed by atoms with Gasteiger partial charge in [0.2, 0.25) is 0 Å². The van der Waals surface area contributed by atoms with E-state index in [2.05, 4.69) is 10.3 Å². The first-order valence-corrected chi connectivity index (χ1v) is 11.8. The van der Waals surface area contributed by atoms with Crippen LogP contribution in [-0.4, -0.2) is 15.5 Å². The van der Waals surface area contributed by atoms with Crippen LogP contribution >= 0.6 is 0 Å². The summed E-state index contributed by atoms with van der Waals surface area (Å²) in [5.41, 5.74) is 2.62. The van der Waals surface area contributed by atoms with Crippen molar-refractivity contribution >= 4 is 16.8 Å². The van der Waals surface area contributed by atoms with Crippen molar-refractivity contribution < 1.29 is 18.0 Å². The second-order valence-corrected chi connectivity index (χ2v) is 9.20. The molecule has 1 amide bonds. The minimum absolute atomic E-state index is 0.0132.